The van der Waals surface area contributed by atoms with Gasteiger partial charge in [0.15, 0.2) is 0 Å². The largest absolute Gasteiger partial charge is 0.343 e. The molecule has 0 saturated heterocycles. The van der Waals surface area contributed by atoms with Crippen LogP contribution >= 0.6 is 0 Å². The van der Waals surface area contributed by atoms with E-state index >= 15 is 0 Å². The van der Waals surface area contributed by atoms with Gasteiger partial charge < -0.3 is 15.3 Å². The molecule has 62 valence electrons. The summed E-state index contributed by atoms with van der Waals surface area (Å²) in [5.41, 5.74) is 0. The van der Waals surface area contributed by atoms with Crippen molar-refractivity contribution in [3.8, 4) is 0 Å². The molecule has 4 heteroatoms. The summed E-state index contributed by atoms with van der Waals surface area (Å²) in [6.45, 7) is 5.03. The minimum absolute atomic E-state index is 0.125. The maximum atomic E-state index is 8.52. The van der Waals surface area contributed by atoms with Gasteiger partial charge in [-0.25, -0.2) is 0 Å². The van der Waals surface area contributed by atoms with E-state index < -0.39 is 5.97 Å². The Kier molecular flexibility index (Phi) is 3.81. The Morgan fingerprint density at radius 1 is 1.10 bits per heavy atom. The van der Waals surface area contributed by atoms with E-state index in [1.54, 1.807) is 4.90 Å². The molecule has 0 aliphatic rings. The molecule has 0 rings (SSSR count). The summed E-state index contributed by atoms with van der Waals surface area (Å²) in [5, 5.41) is 25.6. The lowest BCUT2D eigenvalue weighted by molar-refractivity contribution is -0.316. The molecule has 4 nitrogen and oxygen atoms in total. The Morgan fingerprint density at radius 3 is 1.60 bits per heavy atom. The Bertz CT molecular complexity index is 85.5. The van der Waals surface area contributed by atoms with E-state index in [1.165, 1.54) is 0 Å². The van der Waals surface area contributed by atoms with Crippen molar-refractivity contribution in [3.63, 3.8) is 0 Å². The van der Waals surface area contributed by atoms with Crippen LogP contribution in [0, 0.1) is 0 Å². The summed E-state index contributed by atoms with van der Waals surface area (Å²) < 4.78 is 0. The molecular weight excluding hydrogens is 134 g/mol. The highest BCUT2D eigenvalue weighted by atomic mass is 16.7. The molecule has 0 unspecified atom stereocenters. The summed E-state index contributed by atoms with van der Waals surface area (Å²) in [7, 11) is 0. The fourth-order valence-electron chi connectivity index (χ4n) is 0.747. The Labute approximate surface area is 60.7 Å². The lowest BCUT2D eigenvalue weighted by Gasteiger charge is -2.23. The molecule has 0 aromatic heterocycles. The van der Waals surface area contributed by atoms with Crippen molar-refractivity contribution < 1.29 is 15.3 Å². The molecule has 0 saturated carbocycles. The first-order valence-electron chi connectivity index (χ1n) is 3.39. The zero-order valence-corrected chi connectivity index (χ0v) is 6.41. The number of nitrogens with zero attached hydrogens (tertiary/aromatic N) is 1. The maximum absolute atomic E-state index is 8.52. The second-order valence-electron chi connectivity index (χ2n) is 2.24. The maximum Gasteiger partial charge on any atom is 0.288 e. The highest BCUT2D eigenvalue weighted by Gasteiger charge is 2.20. The predicted molar refractivity (Wildman–Crippen MR) is 37.2 cm³/mol. The monoisotopic (exact) mass is 149 g/mol. The van der Waals surface area contributed by atoms with Gasteiger partial charge in [-0.3, -0.25) is 4.90 Å². The lowest BCUT2D eigenvalue weighted by atomic mass is 10.4. The van der Waals surface area contributed by atoms with E-state index in [9.17, 15) is 0 Å². The van der Waals surface area contributed by atoms with E-state index in [4.69, 9.17) is 15.3 Å². The smallest absolute Gasteiger partial charge is 0.288 e. The highest BCUT2D eigenvalue weighted by molar-refractivity contribution is 4.56. The highest BCUT2D eigenvalue weighted by Crippen LogP contribution is 1.97. The zero-order valence-electron chi connectivity index (χ0n) is 6.41. The van der Waals surface area contributed by atoms with Crippen LogP contribution in [0.15, 0.2) is 0 Å². The molecule has 0 fully saturated rings. The second-order valence-corrected chi connectivity index (χ2v) is 2.24. The third-order valence-electron chi connectivity index (χ3n) is 1.33. The zero-order chi connectivity index (χ0) is 8.20. The van der Waals surface area contributed by atoms with Gasteiger partial charge in [0.05, 0.1) is 6.54 Å². The molecule has 0 aliphatic carbocycles. The standard InChI is InChI=1S/C6H15NO3/c1-3-7(4-2)5-6(8,9)10/h8-10H,3-5H2,1-2H3. The summed E-state index contributed by atoms with van der Waals surface area (Å²) >= 11 is 0. The van der Waals surface area contributed by atoms with E-state index in [1.807, 2.05) is 13.8 Å². The van der Waals surface area contributed by atoms with Gasteiger partial charge in [0.2, 0.25) is 0 Å². The fourth-order valence-corrected chi connectivity index (χ4v) is 0.747. The van der Waals surface area contributed by atoms with Gasteiger partial charge >= 0.3 is 0 Å². The molecule has 0 heterocycles. The predicted octanol–water partition coefficient (Wildman–Crippen LogP) is -1.04. The van der Waals surface area contributed by atoms with Crippen LogP contribution in [0.3, 0.4) is 0 Å². The van der Waals surface area contributed by atoms with Crippen molar-refractivity contribution >= 4 is 0 Å². The van der Waals surface area contributed by atoms with E-state index in [-0.39, 0.29) is 6.54 Å². The van der Waals surface area contributed by atoms with Gasteiger partial charge in [0.1, 0.15) is 0 Å². The molecule has 3 N–H and O–H groups in total. The Balaban J connectivity index is 3.63. The summed E-state index contributed by atoms with van der Waals surface area (Å²) in [6, 6.07) is 0. The molecule has 0 atom stereocenters. The van der Waals surface area contributed by atoms with Crippen molar-refractivity contribution in [1.82, 2.24) is 4.90 Å². The first-order valence-corrected chi connectivity index (χ1v) is 3.39. The summed E-state index contributed by atoms with van der Waals surface area (Å²) in [4.78, 5) is 1.71. The topological polar surface area (TPSA) is 63.9 Å². The molecule has 0 amide bonds. The normalized spacial score (nSPS) is 12.6. The van der Waals surface area contributed by atoms with Crippen LogP contribution in [-0.4, -0.2) is 45.8 Å². The van der Waals surface area contributed by atoms with Crippen molar-refractivity contribution in [2.45, 2.75) is 19.8 Å². The fraction of sp³-hybridized carbons (Fsp3) is 1.00. The first kappa shape index (κ1) is 9.84. The van der Waals surface area contributed by atoms with E-state index in [0.717, 1.165) is 0 Å². The number of rotatable bonds is 4. The summed E-state index contributed by atoms with van der Waals surface area (Å²) in [6.07, 6.45) is 0. The quantitative estimate of drug-likeness (QED) is 0.447. The number of hydrogen-bond donors (Lipinski definition) is 3. The van der Waals surface area contributed by atoms with Crippen LogP contribution < -0.4 is 0 Å². The van der Waals surface area contributed by atoms with Crippen LogP contribution in [0.1, 0.15) is 13.8 Å². The Hall–Kier alpha value is -0.160. The number of likely N-dealkylation sites (N-methyl/N-ethyl adjacent to an activating group) is 1. The second kappa shape index (κ2) is 3.88. The third-order valence-corrected chi connectivity index (χ3v) is 1.33. The average molecular weight is 149 g/mol. The van der Waals surface area contributed by atoms with Gasteiger partial charge in [-0.05, 0) is 13.1 Å². The van der Waals surface area contributed by atoms with Crippen molar-refractivity contribution in [2.24, 2.45) is 0 Å². The summed E-state index contributed by atoms with van der Waals surface area (Å²) in [5.74, 6) is -2.55. The third kappa shape index (κ3) is 4.69. The molecule has 0 bridgehead atoms. The number of hydrogen-bond acceptors (Lipinski definition) is 4. The van der Waals surface area contributed by atoms with E-state index in [0.29, 0.717) is 13.1 Å². The van der Waals surface area contributed by atoms with Crippen LogP contribution in [0.2, 0.25) is 0 Å². The molecule has 10 heavy (non-hydrogen) atoms. The molecular formula is C6H15NO3. The molecule has 0 aromatic carbocycles. The minimum atomic E-state index is -2.55. The molecule has 0 aliphatic heterocycles. The van der Waals surface area contributed by atoms with Gasteiger partial charge in [0.25, 0.3) is 5.97 Å². The van der Waals surface area contributed by atoms with Crippen molar-refractivity contribution in [3.05, 3.63) is 0 Å². The van der Waals surface area contributed by atoms with Crippen molar-refractivity contribution in [1.29, 1.82) is 0 Å². The number of aliphatic hydroxyl groups is 3. The van der Waals surface area contributed by atoms with Gasteiger partial charge in [-0.15, -0.1) is 0 Å². The van der Waals surface area contributed by atoms with Crippen LogP contribution in [0.5, 0.6) is 0 Å². The minimum Gasteiger partial charge on any atom is -0.343 e. The SMILES string of the molecule is CCN(CC)CC(O)(O)O. The lowest BCUT2D eigenvalue weighted by Crippen LogP contribution is -2.42. The molecule has 0 radical (unpaired) electrons. The van der Waals surface area contributed by atoms with Gasteiger partial charge in [0, 0.05) is 0 Å². The van der Waals surface area contributed by atoms with E-state index in [2.05, 4.69) is 0 Å². The Morgan fingerprint density at radius 2 is 1.50 bits per heavy atom. The van der Waals surface area contributed by atoms with Crippen LogP contribution in [0.4, 0.5) is 0 Å². The van der Waals surface area contributed by atoms with Gasteiger partial charge in [-0.2, -0.15) is 0 Å². The van der Waals surface area contributed by atoms with Crippen molar-refractivity contribution in [2.75, 3.05) is 19.6 Å². The average Bonchev–Trinajstić information content (AvgIpc) is 1.81. The molecule has 0 spiro atoms. The first-order chi connectivity index (χ1) is 4.49. The molecule has 0 aromatic rings. The van der Waals surface area contributed by atoms with Crippen LogP contribution in [0.25, 0.3) is 0 Å². The van der Waals surface area contributed by atoms with Crippen LogP contribution in [-0.2, 0) is 0 Å². The van der Waals surface area contributed by atoms with Gasteiger partial charge in [-0.1, -0.05) is 13.8 Å².